The third-order valence-electron chi connectivity index (χ3n) is 7.07. The van der Waals surface area contributed by atoms with Crippen LogP contribution in [0.2, 0.25) is 0 Å². The van der Waals surface area contributed by atoms with Gasteiger partial charge in [-0.05, 0) is 67.9 Å². The van der Waals surface area contributed by atoms with Crippen molar-refractivity contribution >= 4 is 0 Å². The standard InChI is InChI=1S/C26H35F6N3/c1-4-6-24(35-13-11-34(12-14-35)23-9-7-19(5-2)8-10-23)33(3)18-20-15-21(25(27,28)29)17-22(16-20)26(30,31)32/h5-6,15-17,19,23H,2,4,7-14,18H2,1,3H3/b24-6-. The minimum atomic E-state index is -4.85. The highest BCUT2D eigenvalue weighted by atomic mass is 19.4. The van der Waals surface area contributed by atoms with Gasteiger partial charge in [0, 0.05) is 45.8 Å². The van der Waals surface area contributed by atoms with Gasteiger partial charge in [0.05, 0.1) is 16.9 Å². The zero-order valence-corrected chi connectivity index (χ0v) is 20.4. The second kappa shape index (κ2) is 11.3. The average molecular weight is 504 g/mol. The predicted molar refractivity (Wildman–Crippen MR) is 125 cm³/mol. The first-order valence-corrected chi connectivity index (χ1v) is 12.2. The number of halogens is 6. The molecule has 1 saturated heterocycles. The van der Waals surface area contributed by atoms with E-state index < -0.39 is 23.5 Å². The summed E-state index contributed by atoms with van der Waals surface area (Å²) in [6.07, 6.45) is -0.310. The minimum absolute atomic E-state index is 0.0192. The van der Waals surface area contributed by atoms with Gasteiger partial charge >= 0.3 is 12.4 Å². The molecule has 1 aromatic rings. The van der Waals surface area contributed by atoms with Gasteiger partial charge in [0.25, 0.3) is 0 Å². The van der Waals surface area contributed by atoms with Gasteiger partial charge in [-0.3, -0.25) is 4.90 Å². The van der Waals surface area contributed by atoms with Gasteiger partial charge in [0.1, 0.15) is 0 Å². The molecule has 1 saturated carbocycles. The summed E-state index contributed by atoms with van der Waals surface area (Å²) in [5, 5.41) is 0. The van der Waals surface area contributed by atoms with E-state index >= 15 is 0 Å². The SMILES string of the molecule is C=CC1CCC(N2CCN(/C(=C\CC)N(C)Cc3cc(C(F)(F)F)cc(C(F)(F)F)c3)CC2)CC1. The minimum Gasteiger partial charge on any atom is -0.357 e. The number of benzene rings is 1. The summed E-state index contributed by atoms with van der Waals surface area (Å²) in [6, 6.07) is 2.36. The second-order valence-corrected chi connectivity index (χ2v) is 9.57. The molecule has 196 valence electrons. The zero-order chi connectivity index (χ0) is 25.8. The second-order valence-electron chi connectivity index (χ2n) is 9.57. The van der Waals surface area contributed by atoms with E-state index in [4.69, 9.17) is 0 Å². The van der Waals surface area contributed by atoms with Crippen LogP contribution in [-0.4, -0.2) is 54.0 Å². The zero-order valence-electron chi connectivity index (χ0n) is 20.4. The average Bonchev–Trinajstić information content (AvgIpc) is 2.81. The van der Waals surface area contributed by atoms with Crippen LogP contribution >= 0.6 is 0 Å². The Morgan fingerprint density at radius 2 is 1.49 bits per heavy atom. The number of rotatable bonds is 7. The van der Waals surface area contributed by atoms with E-state index in [0.717, 1.165) is 69.8 Å². The molecular formula is C26H35F6N3. The lowest BCUT2D eigenvalue weighted by Crippen LogP contribution is -2.52. The van der Waals surface area contributed by atoms with E-state index in [-0.39, 0.29) is 18.2 Å². The number of hydrogen-bond acceptors (Lipinski definition) is 3. The Hall–Kier alpha value is -2.16. The Balaban J connectivity index is 1.69. The maximum atomic E-state index is 13.3. The van der Waals surface area contributed by atoms with E-state index in [0.29, 0.717) is 18.4 Å². The van der Waals surface area contributed by atoms with Crippen LogP contribution in [-0.2, 0) is 18.9 Å². The number of piperazine rings is 1. The lowest BCUT2D eigenvalue weighted by molar-refractivity contribution is -0.143. The van der Waals surface area contributed by atoms with E-state index in [1.165, 1.54) is 0 Å². The number of alkyl halides is 6. The van der Waals surface area contributed by atoms with Crippen molar-refractivity contribution in [1.29, 1.82) is 0 Å². The Bertz CT molecular complexity index is 844. The van der Waals surface area contributed by atoms with Gasteiger partial charge in [-0.15, -0.1) is 6.58 Å². The normalized spacial score (nSPS) is 22.9. The Labute approximate surface area is 204 Å². The van der Waals surface area contributed by atoms with Crippen LogP contribution in [0, 0.1) is 5.92 Å². The molecule has 3 rings (SSSR count). The number of allylic oxidation sites excluding steroid dienone is 2. The Kier molecular flexibility index (Phi) is 8.83. The summed E-state index contributed by atoms with van der Waals surface area (Å²) in [7, 11) is 1.72. The maximum absolute atomic E-state index is 13.3. The maximum Gasteiger partial charge on any atom is 0.416 e. The summed E-state index contributed by atoms with van der Waals surface area (Å²) in [5.74, 6) is 1.45. The Morgan fingerprint density at radius 1 is 0.943 bits per heavy atom. The molecule has 0 atom stereocenters. The fraction of sp³-hybridized carbons (Fsp3) is 0.615. The molecule has 2 fully saturated rings. The fourth-order valence-electron chi connectivity index (χ4n) is 5.19. The molecule has 0 radical (unpaired) electrons. The van der Waals surface area contributed by atoms with Gasteiger partial charge in [-0.25, -0.2) is 0 Å². The molecule has 1 aliphatic carbocycles. The van der Waals surface area contributed by atoms with Crippen LogP contribution < -0.4 is 0 Å². The molecule has 0 amide bonds. The highest BCUT2D eigenvalue weighted by molar-refractivity contribution is 5.34. The van der Waals surface area contributed by atoms with Crippen LogP contribution in [0.5, 0.6) is 0 Å². The molecule has 0 N–H and O–H groups in total. The topological polar surface area (TPSA) is 9.72 Å². The van der Waals surface area contributed by atoms with Crippen molar-refractivity contribution in [3.8, 4) is 0 Å². The third-order valence-corrected chi connectivity index (χ3v) is 7.07. The van der Waals surface area contributed by atoms with Crippen molar-refractivity contribution in [2.24, 2.45) is 5.92 Å². The monoisotopic (exact) mass is 503 g/mol. The smallest absolute Gasteiger partial charge is 0.357 e. The van der Waals surface area contributed by atoms with E-state index in [1.54, 1.807) is 11.9 Å². The van der Waals surface area contributed by atoms with Crippen molar-refractivity contribution in [2.45, 2.75) is 64.0 Å². The van der Waals surface area contributed by atoms with Gasteiger partial charge in [0.2, 0.25) is 0 Å². The number of nitrogens with zero attached hydrogens (tertiary/aromatic N) is 3. The lowest BCUT2D eigenvalue weighted by Gasteiger charge is -2.44. The molecule has 35 heavy (non-hydrogen) atoms. The van der Waals surface area contributed by atoms with Gasteiger partial charge in [-0.2, -0.15) is 26.3 Å². The van der Waals surface area contributed by atoms with Crippen molar-refractivity contribution in [2.75, 3.05) is 33.2 Å². The highest BCUT2D eigenvalue weighted by Crippen LogP contribution is 2.37. The molecular weight excluding hydrogens is 468 g/mol. The molecule has 0 spiro atoms. The molecule has 9 heteroatoms. The van der Waals surface area contributed by atoms with Crippen LogP contribution in [0.4, 0.5) is 26.3 Å². The van der Waals surface area contributed by atoms with Crippen molar-refractivity contribution in [3.63, 3.8) is 0 Å². The molecule has 1 heterocycles. The molecule has 1 aliphatic heterocycles. The molecule has 3 nitrogen and oxygen atoms in total. The van der Waals surface area contributed by atoms with Crippen LogP contribution in [0.3, 0.4) is 0 Å². The first-order chi connectivity index (χ1) is 16.4. The summed E-state index contributed by atoms with van der Waals surface area (Å²) >= 11 is 0. The number of hydrogen-bond donors (Lipinski definition) is 0. The van der Waals surface area contributed by atoms with E-state index in [1.807, 2.05) is 19.1 Å². The van der Waals surface area contributed by atoms with Gasteiger partial charge in [-0.1, -0.05) is 13.0 Å². The molecule has 0 aromatic heterocycles. The summed E-state index contributed by atoms with van der Waals surface area (Å²) in [4.78, 5) is 6.46. The molecule has 0 unspecified atom stereocenters. The summed E-state index contributed by atoms with van der Waals surface area (Å²) in [6.45, 7) is 9.14. The van der Waals surface area contributed by atoms with Gasteiger partial charge < -0.3 is 9.80 Å². The fourth-order valence-corrected chi connectivity index (χ4v) is 5.19. The first kappa shape index (κ1) is 27.4. The Morgan fingerprint density at radius 3 is 1.94 bits per heavy atom. The van der Waals surface area contributed by atoms with Crippen molar-refractivity contribution in [3.05, 3.63) is 59.4 Å². The highest BCUT2D eigenvalue weighted by Gasteiger charge is 2.37. The molecule has 2 aliphatic rings. The summed E-state index contributed by atoms with van der Waals surface area (Å²) in [5.41, 5.74) is -2.58. The first-order valence-electron chi connectivity index (χ1n) is 12.2. The lowest BCUT2D eigenvalue weighted by atomic mass is 9.85. The van der Waals surface area contributed by atoms with Crippen molar-refractivity contribution < 1.29 is 26.3 Å². The third kappa shape index (κ3) is 7.18. The van der Waals surface area contributed by atoms with Crippen LogP contribution in [0.15, 0.2) is 42.8 Å². The quantitative estimate of drug-likeness (QED) is 0.300. The van der Waals surface area contributed by atoms with E-state index in [2.05, 4.69) is 16.4 Å². The molecule has 0 bridgehead atoms. The van der Waals surface area contributed by atoms with Crippen molar-refractivity contribution in [1.82, 2.24) is 14.7 Å². The van der Waals surface area contributed by atoms with Crippen LogP contribution in [0.25, 0.3) is 0 Å². The van der Waals surface area contributed by atoms with Crippen LogP contribution in [0.1, 0.15) is 55.7 Å². The van der Waals surface area contributed by atoms with E-state index in [9.17, 15) is 26.3 Å². The summed E-state index contributed by atoms with van der Waals surface area (Å²) < 4.78 is 79.6. The predicted octanol–water partition coefficient (Wildman–Crippen LogP) is 6.77. The largest absolute Gasteiger partial charge is 0.416 e. The molecule has 1 aromatic carbocycles. The van der Waals surface area contributed by atoms with Gasteiger partial charge in [0.15, 0.2) is 0 Å².